The molecule has 2 nitrogen and oxygen atoms in total. The van der Waals surface area contributed by atoms with Crippen molar-refractivity contribution in [3.63, 3.8) is 0 Å². The van der Waals surface area contributed by atoms with Crippen LogP contribution in [0.2, 0.25) is 0 Å². The molecule has 0 fully saturated rings. The van der Waals surface area contributed by atoms with Gasteiger partial charge in [-0.25, -0.2) is 0 Å². The lowest BCUT2D eigenvalue weighted by molar-refractivity contribution is -0.138. The summed E-state index contributed by atoms with van der Waals surface area (Å²) >= 11 is 0. The van der Waals surface area contributed by atoms with Crippen LogP contribution in [0.1, 0.15) is 96.8 Å². The molecule has 0 amide bonds. The quantitative estimate of drug-likeness (QED) is 0.348. The molecule has 0 aromatic carbocycles. The largest absolute Gasteiger partial charge is 0.481 e. The Morgan fingerprint density at radius 1 is 0.810 bits per heavy atom. The van der Waals surface area contributed by atoms with E-state index in [9.17, 15) is 9.18 Å². The van der Waals surface area contributed by atoms with Gasteiger partial charge in [0.15, 0.2) is 0 Å². The predicted octanol–water partition coefficient (Wildman–Crippen LogP) is 6.14. The molecule has 0 aromatic rings. The summed E-state index contributed by atoms with van der Waals surface area (Å²) in [7, 11) is 0. The van der Waals surface area contributed by atoms with Crippen molar-refractivity contribution >= 4 is 5.97 Å². The van der Waals surface area contributed by atoms with Crippen LogP contribution in [-0.4, -0.2) is 17.8 Å². The first kappa shape index (κ1) is 20.4. The maximum atomic E-state index is 11.9. The minimum absolute atomic E-state index is 0.158. The Kier molecular flexibility index (Phi) is 15.3. The number of carboxylic acid groups (broad SMARTS) is 1. The van der Waals surface area contributed by atoms with Crippen LogP contribution < -0.4 is 0 Å². The third-order valence-corrected chi connectivity index (χ3v) is 4.10. The molecule has 0 spiro atoms. The van der Waals surface area contributed by atoms with Gasteiger partial charge >= 0.3 is 5.97 Å². The summed E-state index contributed by atoms with van der Waals surface area (Å²) in [5.74, 6) is -0.355. The van der Waals surface area contributed by atoms with E-state index in [0.717, 1.165) is 19.3 Å². The summed E-state index contributed by atoms with van der Waals surface area (Å²) in [4.78, 5) is 10.5. The summed E-state index contributed by atoms with van der Waals surface area (Å²) in [5.41, 5.74) is 0. The van der Waals surface area contributed by atoms with E-state index in [1.807, 2.05) is 6.92 Å². The van der Waals surface area contributed by atoms with Crippen LogP contribution in [-0.2, 0) is 4.79 Å². The van der Waals surface area contributed by atoms with Gasteiger partial charge in [0.1, 0.15) is 0 Å². The second-order valence-corrected chi connectivity index (χ2v) is 6.42. The van der Waals surface area contributed by atoms with Gasteiger partial charge in [0.25, 0.3) is 0 Å². The Morgan fingerprint density at radius 2 is 1.19 bits per heavy atom. The van der Waals surface area contributed by atoms with Crippen molar-refractivity contribution in [3.8, 4) is 0 Å². The predicted molar refractivity (Wildman–Crippen MR) is 87.4 cm³/mol. The number of rotatable bonds is 16. The van der Waals surface area contributed by atoms with Crippen LogP contribution in [0.15, 0.2) is 0 Å². The maximum absolute atomic E-state index is 11.9. The average Bonchev–Trinajstić information content (AvgIpc) is 2.43. The van der Waals surface area contributed by atoms with Crippen molar-refractivity contribution in [2.24, 2.45) is 5.92 Å². The highest BCUT2D eigenvalue weighted by atomic mass is 18.2. The first-order valence-corrected chi connectivity index (χ1v) is 8.94. The summed E-state index contributed by atoms with van der Waals surface area (Å²) in [6.45, 7) is 1.87. The highest BCUT2D eigenvalue weighted by Crippen LogP contribution is 2.15. The van der Waals surface area contributed by atoms with Gasteiger partial charge in [-0.15, -0.1) is 0 Å². The van der Waals surface area contributed by atoms with Gasteiger partial charge in [0.05, 0.1) is 6.67 Å². The zero-order chi connectivity index (χ0) is 15.8. The van der Waals surface area contributed by atoms with Crippen molar-refractivity contribution in [1.82, 2.24) is 0 Å². The van der Waals surface area contributed by atoms with Gasteiger partial charge < -0.3 is 5.11 Å². The Hall–Kier alpha value is -0.600. The number of unbranched alkanes of at least 4 members (excludes halogenated alkanes) is 11. The van der Waals surface area contributed by atoms with Crippen LogP contribution in [0.3, 0.4) is 0 Å². The Labute approximate surface area is 130 Å². The lowest BCUT2D eigenvalue weighted by Crippen LogP contribution is -2.03. The van der Waals surface area contributed by atoms with E-state index in [0.29, 0.717) is 12.3 Å². The van der Waals surface area contributed by atoms with E-state index >= 15 is 0 Å². The van der Waals surface area contributed by atoms with E-state index < -0.39 is 5.97 Å². The standard InChI is InChI=1S/C18H35FO2/c1-17(16-18(20)21)14-12-10-8-6-4-2-3-5-7-9-11-13-15-19/h17H,2-16H2,1H3,(H,20,21)/i19-1. The van der Waals surface area contributed by atoms with E-state index in [4.69, 9.17) is 5.11 Å². The smallest absolute Gasteiger partial charge is 0.303 e. The molecular formula is C18H35FO2. The van der Waals surface area contributed by atoms with E-state index in [1.54, 1.807) is 0 Å². The van der Waals surface area contributed by atoms with Gasteiger partial charge in [0.2, 0.25) is 0 Å². The molecule has 0 aliphatic carbocycles. The van der Waals surface area contributed by atoms with Gasteiger partial charge in [-0.3, -0.25) is 9.18 Å². The van der Waals surface area contributed by atoms with Crippen LogP contribution in [0.5, 0.6) is 0 Å². The first-order valence-electron chi connectivity index (χ1n) is 8.94. The van der Waals surface area contributed by atoms with E-state index in [2.05, 4.69) is 0 Å². The number of hydrogen-bond donors (Lipinski definition) is 1. The summed E-state index contributed by atoms with van der Waals surface area (Å²) in [6.07, 6.45) is 15.9. The molecule has 126 valence electrons. The second kappa shape index (κ2) is 15.8. The monoisotopic (exact) mass is 301 g/mol. The third kappa shape index (κ3) is 17.3. The van der Waals surface area contributed by atoms with Gasteiger partial charge in [-0.1, -0.05) is 84.0 Å². The SMILES string of the molecule is CC(CCCCCCCCCCCCCC[18F])CC(=O)O. The van der Waals surface area contributed by atoms with Gasteiger partial charge in [-0.05, 0) is 12.3 Å². The summed E-state index contributed by atoms with van der Waals surface area (Å²) in [6, 6.07) is 0. The summed E-state index contributed by atoms with van der Waals surface area (Å²) in [5, 5.41) is 8.67. The fourth-order valence-corrected chi connectivity index (χ4v) is 2.76. The van der Waals surface area contributed by atoms with Gasteiger partial charge in [0, 0.05) is 6.42 Å². The highest BCUT2D eigenvalue weighted by molar-refractivity contribution is 5.66. The molecule has 0 heterocycles. The van der Waals surface area contributed by atoms with Crippen LogP contribution in [0.4, 0.5) is 4.39 Å². The number of hydrogen-bond acceptors (Lipinski definition) is 1. The number of carbonyl (C=O) groups is 1. The van der Waals surface area contributed by atoms with E-state index in [-0.39, 0.29) is 6.67 Å². The number of halogens is 1. The minimum Gasteiger partial charge on any atom is -0.481 e. The second-order valence-electron chi connectivity index (χ2n) is 6.42. The first-order chi connectivity index (χ1) is 10.2. The molecule has 1 atom stereocenters. The molecule has 0 radical (unpaired) electrons. The Morgan fingerprint density at radius 3 is 1.57 bits per heavy atom. The van der Waals surface area contributed by atoms with Crippen molar-refractivity contribution in [3.05, 3.63) is 0 Å². The average molecular weight is 301 g/mol. The molecule has 0 aliphatic rings. The van der Waals surface area contributed by atoms with E-state index in [1.165, 1.54) is 64.2 Å². The van der Waals surface area contributed by atoms with Crippen molar-refractivity contribution in [2.75, 3.05) is 6.67 Å². The minimum atomic E-state index is -0.674. The molecule has 21 heavy (non-hydrogen) atoms. The number of carboxylic acids is 1. The zero-order valence-corrected chi connectivity index (χ0v) is 13.9. The molecular weight excluding hydrogens is 266 g/mol. The molecule has 1 unspecified atom stereocenters. The van der Waals surface area contributed by atoms with Crippen LogP contribution in [0.25, 0.3) is 0 Å². The molecule has 0 aliphatic heterocycles. The van der Waals surface area contributed by atoms with Crippen molar-refractivity contribution in [2.45, 2.75) is 96.8 Å². The molecule has 0 rings (SSSR count). The van der Waals surface area contributed by atoms with Crippen molar-refractivity contribution in [1.29, 1.82) is 0 Å². The normalized spacial score (nSPS) is 12.5. The zero-order valence-electron chi connectivity index (χ0n) is 13.9. The summed E-state index contributed by atoms with van der Waals surface area (Å²) < 4.78 is 11.9. The van der Waals surface area contributed by atoms with Gasteiger partial charge in [-0.2, -0.15) is 0 Å². The lowest BCUT2D eigenvalue weighted by atomic mass is 9.99. The number of alkyl halides is 1. The molecule has 3 heteroatoms. The molecule has 1 N–H and O–H groups in total. The topological polar surface area (TPSA) is 37.3 Å². The molecule has 0 saturated carbocycles. The lowest BCUT2D eigenvalue weighted by Gasteiger charge is -2.07. The van der Waals surface area contributed by atoms with Crippen LogP contribution >= 0.6 is 0 Å². The maximum Gasteiger partial charge on any atom is 0.303 e. The number of aliphatic carboxylic acids is 1. The molecule has 0 aromatic heterocycles. The highest BCUT2D eigenvalue weighted by Gasteiger charge is 2.06. The fourth-order valence-electron chi connectivity index (χ4n) is 2.76. The molecule has 0 bridgehead atoms. The Balaban J connectivity index is 3.07. The van der Waals surface area contributed by atoms with Crippen LogP contribution in [0, 0.1) is 5.92 Å². The Bertz CT molecular complexity index is 231. The fraction of sp³-hybridized carbons (Fsp3) is 0.944. The molecule has 0 saturated heterocycles. The third-order valence-electron chi connectivity index (χ3n) is 4.10. The van der Waals surface area contributed by atoms with Crippen molar-refractivity contribution < 1.29 is 14.3 Å².